The first-order chi connectivity index (χ1) is 9.69. The molecule has 1 aromatic carbocycles. The van der Waals surface area contributed by atoms with Crippen LogP contribution in [0.2, 0.25) is 0 Å². The highest BCUT2D eigenvalue weighted by Crippen LogP contribution is 2.35. The van der Waals surface area contributed by atoms with Crippen molar-refractivity contribution < 1.29 is 14.3 Å². The van der Waals surface area contributed by atoms with E-state index in [0.29, 0.717) is 6.42 Å². The summed E-state index contributed by atoms with van der Waals surface area (Å²) in [7, 11) is 3.09. The molecule has 1 aliphatic rings. The van der Waals surface area contributed by atoms with E-state index in [-0.39, 0.29) is 5.97 Å². The molecule has 3 nitrogen and oxygen atoms in total. The van der Waals surface area contributed by atoms with Crippen LogP contribution in [-0.2, 0) is 9.53 Å². The molecular weight excluding hydrogens is 252 g/mol. The Morgan fingerprint density at radius 1 is 1.20 bits per heavy atom. The average Bonchev–Trinajstić information content (AvgIpc) is 2.91. The molecule has 0 unspecified atom stereocenters. The molecule has 0 amide bonds. The van der Waals surface area contributed by atoms with Crippen LogP contribution in [0.25, 0.3) is 5.57 Å². The summed E-state index contributed by atoms with van der Waals surface area (Å²) >= 11 is 0. The highest BCUT2D eigenvalue weighted by Gasteiger charge is 2.22. The van der Waals surface area contributed by atoms with Crippen LogP contribution in [0, 0.1) is 0 Å². The van der Waals surface area contributed by atoms with E-state index in [9.17, 15) is 4.79 Å². The lowest BCUT2D eigenvalue weighted by Gasteiger charge is -2.06. The Morgan fingerprint density at radius 3 is 2.45 bits per heavy atom. The number of ether oxygens (including phenoxy) is 2. The number of rotatable bonds is 5. The molecule has 106 valence electrons. The largest absolute Gasteiger partial charge is 0.497 e. The molecule has 0 fully saturated rings. The molecule has 0 aromatic heterocycles. The highest BCUT2D eigenvalue weighted by atomic mass is 16.5. The number of carbonyl (C=O) groups is 1. The predicted octanol–water partition coefficient (Wildman–Crippen LogP) is 3.75. The zero-order chi connectivity index (χ0) is 14.5. The summed E-state index contributed by atoms with van der Waals surface area (Å²) in [5, 5.41) is 0. The third-order valence-corrected chi connectivity index (χ3v) is 3.52. The molecule has 20 heavy (non-hydrogen) atoms. The van der Waals surface area contributed by atoms with Crippen molar-refractivity contribution in [2.75, 3.05) is 14.2 Å². The molecule has 0 bridgehead atoms. The molecule has 0 saturated carbocycles. The molecule has 0 aliphatic heterocycles. The monoisotopic (exact) mass is 272 g/mol. The molecule has 0 heterocycles. The Morgan fingerprint density at radius 2 is 1.90 bits per heavy atom. The van der Waals surface area contributed by atoms with Crippen molar-refractivity contribution in [2.45, 2.75) is 26.2 Å². The predicted molar refractivity (Wildman–Crippen MR) is 79.5 cm³/mol. The van der Waals surface area contributed by atoms with Gasteiger partial charge >= 0.3 is 5.97 Å². The fourth-order valence-corrected chi connectivity index (χ4v) is 2.46. The lowest BCUT2D eigenvalue weighted by molar-refractivity contribution is -0.136. The molecular formula is C17H20O3. The van der Waals surface area contributed by atoms with E-state index in [1.807, 2.05) is 24.3 Å². The van der Waals surface area contributed by atoms with Gasteiger partial charge in [-0.15, -0.1) is 0 Å². The summed E-state index contributed by atoms with van der Waals surface area (Å²) in [5.74, 6) is 0.621. The van der Waals surface area contributed by atoms with E-state index in [2.05, 4.69) is 13.0 Å². The van der Waals surface area contributed by atoms with Crippen molar-refractivity contribution >= 4 is 11.5 Å². The molecule has 0 atom stereocenters. The molecule has 1 aliphatic carbocycles. The van der Waals surface area contributed by atoms with E-state index < -0.39 is 0 Å². The fourth-order valence-electron chi connectivity index (χ4n) is 2.46. The van der Waals surface area contributed by atoms with Crippen molar-refractivity contribution in [1.29, 1.82) is 0 Å². The van der Waals surface area contributed by atoms with E-state index in [4.69, 9.17) is 9.47 Å². The van der Waals surface area contributed by atoms with Gasteiger partial charge in [-0.3, -0.25) is 0 Å². The van der Waals surface area contributed by atoms with Crippen LogP contribution in [0.5, 0.6) is 5.75 Å². The second-order valence-electron chi connectivity index (χ2n) is 4.82. The smallest absolute Gasteiger partial charge is 0.334 e. The zero-order valence-electron chi connectivity index (χ0n) is 12.2. The second-order valence-corrected chi connectivity index (χ2v) is 4.82. The normalized spacial score (nSPS) is 14.2. The van der Waals surface area contributed by atoms with Crippen LogP contribution in [0.1, 0.15) is 31.7 Å². The van der Waals surface area contributed by atoms with E-state index in [1.165, 1.54) is 7.11 Å². The third kappa shape index (κ3) is 2.93. The van der Waals surface area contributed by atoms with Gasteiger partial charge in [0.15, 0.2) is 0 Å². The maximum Gasteiger partial charge on any atom is 0.334 e. The Bertz CT molecular complexity index is 550. The maximum atomic E-state index is 11.8. The van der Waals surface area contributed by atoms with Crippen LogP contribution in [-0.4, -0.2) is 20.2 Å². The minimum absolute atomic E-state index is 0.215. The topological polar surface area (TPSA) is 35.5 Å². The fraction of sp³-hybridized carbons (Fsp3) is 0.353. The zero-order valence-corrected chi connectivity index (χ0v) is 12.2. The van der Waals surface area contributed by atoms with Gasteiger partial charge in [-0.25, -0.2) is 4.79 Å². The Hall–Kier alpha value is -2.03. The first-order valence-electron chi connectivity index (χ1n) is 6.85. The summed E-state index contributed by atoms with van der Waals surface area (Å²) in [5.41, 5.74) is 4.18. The first-order valence-corrected chi connectivity index (χ1v) is 6.85. The molecule has 0 N–H and O–H groups in total. The van der Waals surface area contributed by atoms with Crippen LogP contribution >= 0.6 is 0 Å². The SMILES string of the molecule is CCCC1=C(C(=O)OC)CC(c2ccc(OC)cc2)=C1. The molecule has 3 heteroatoms. The number of methoxy groups -OCH3 is 2. The number of esters is 1. The second kappa shape index (κ2) is 6.42. The summed E-state index contributed by atoms with van der Waals surface area (Å²) in [6.07, 6.45) is 4.69. The molecule has 0 radical (unpaired) electrons. The minimum Gasteiger partial charge on any atom is -0.497 e. The van der Waals surface area contributed by atoms with E-state index in [0.717, 1.165) is 40.9 Å². The van der Waals surface area contributed by atoms with Gasteiger partial charge in [-0.05, 0) is 35.3 Å². The lowest BCUT2D eigenvalue weighted by atomic mass is 10.0. The Labute approximate surface area is 119 Å². The van der Waals surface area contributed by atoms with E-state index in [1.54, 1.807) is 7.11 Å². The summed E-state index contributed by atoms with van der Waals surface area (Å²) < 4.78 is 10.0. The van der Waals surface area contributed by atoms with Crippen LogP contribution in [0.3, 0.4) is 0 Å². The number of benzene rings is 1. The average molecular weight is 272 g/mol. The summed E-state index contributed by atoms with van der Waals surface area (Å²) in [6.45, 7) is 2.11. The number of hydrogen-bond acceptors (Lipinski definition) is 3. The lowest BCUT2D eigenvalue weighted by Crippen LogP contribution is -2.05. The van der Waals surface area contributed by atoms with Gasteiger partial charge in [-0.1, -0.05) is 31.6 Å². The third-order valence-electron chi connectivity index (χ3n) is 3.52. The van der Waals surface area contributed by atoms with Gasteiger partial charge in [0.2, 0.25) is 0 Å². The molecule has 0 saturated heterocycles. The van der Waals surface area contributed by atoms with E-state index >= 15 is 0 Å². The van der Waals surface area contributed by atoms with Gasteiger partial charge in [0.05, 0.1) is 14.2 Å². The summed E-state index contributed by atoms with van der Waals surface area (Å²) in [6, 6.07) is 7.92. The molecule has 0 spiro atoms. The van der Waals surface area contributed by atoms with Crippen LogP contribution in [0.4, 0.5) is 0 Å². The summed E-state index contributed by atoms with van der Waals surface area (Å²) in [4.78, 5) is 11.8. The van der Waals surface area contributed by atoms with Crippen molar-refractivity contribution in [1.82, 2.24) is 0 Å². The quantitative estimate of drug-likeness (QED) is 0.766. The van der Waals surface area contributed by atoms with Crippen LogP contribution in [0.15, 0.2) is 41.5 Å². The van der Waals surface area contributed by atoms with Gasteiger partial charge in [-0.2, -0.15) is 0 Å². The van der Waals surface area contributed by atoms with Gasteiger partial charge in [0.25, 0.3) is 0 Å². The Kier molecular flexibility index (Phi) is 4.61. The molecule has 1 aromatic rings. The van der Waals surface area contributed by atoms with Crippen LogP contribution < -0.4 is 4.74 Å². The van der Waals surface area contributed by atoms with Gasteiger partial charge in [0, 0.05) is 12.0 Å². The minimum atomic E-state index is -0.215. The number of carbonyl (C=O) groups excluding carboxylic acids is 1. The highest BCUT2D eigenvalue weighted by molar-refractivity contribution is 5.96. The standard InChI is InChI=1S/C17H20O3/c1-4-5-13-10-14(11-16(13)17(18)20-3)12-6-8-15(19-2)9-7-12/h6-10H,4-5,11H2,1-3H3. The van der Waals surface area contributed by atoms with Crippen molar-refractivity contribution in [2.24, 2.45) is 0 Å². The van der Waals surface area contributed by atoms with Gasteiger partial charge in [0.1, 0.15) is 5.75 Å². The van der Waals surface area contributed by atoms with Gasteiger partial charge < -0.3 is 9.47 Å². The Balaban J connectivity index is 2.23. The molecule has 2 rings (SSSR count). The van der Waals surface area contributed by atoms with Crippen molar-refractivity contribution in [3.8, 4) is 5.75 Å². The number of allylic oxidation sites excluding steroid dienone is 3. The maximum absolute atomic E-state index is 11.8. The first kappa shape index (κ1) is 14.4. The van der Waals surface area contributed by atoms with Crippen molar-refractivity contribution in [3.05, 3.63) is 47.1 Å². The van der Waals surface area contributed by atoms with Crippen molar-refractivity contribution in [3.63, 3.8) is 0 Å². The number of hydrogen-bond donors (Lipinski definition) is 0.